The van der Waals surface area contributed by atoms with E-state index in [9.17, 15) is 14.7 Å². The van der Waals surface area contributed by atoms with Crippen LogP contribution in [0.3, 0.4) is 0 Å². The highest BCUT2D eigenvalue weighted by Crippen LogP contribution is 2.34. The van der Waals surface area contributed by atoms with Crippen molar-refractivity contribution >= 4 is 23.2 Å². The van der Waals surface area contributed by atoms with Crippen LogP contribution < -0.4 is 5.32 Å². The van der Waals surface area contributed by atoms with Gasteiger partial charge in [-0.25, -0.2) is 9.78 Å². The van der Waals surface area contributed by atoms with Crippen molar-refractivity contribution in [2.24, 2.45) is 13.0 Å². The van der Waals surface area contributed by atoms with E-state index in [1.807, 2.05) is 13.2 Å². The van der Waals surface area contributed by atoms with Crippen molar-refractivity contribution in [1.29, 1.82) is 0 Å². The third-order valence-electron chi connectivity index (χ3n) is 4.99. The summed E-state index contributed by atoms with van der Waals surface area (Å²) in [7, 11) is 1.81. The molecule has 134 valence electrons. The lowest BCUT2D eigenvalue weighted by molar-refractivity contribution is -0.146. The Morgan fingerprint density at radius 1 is 1.44 bits per heavy atom. The van der Waals surface area contributed by atoms with Gasteiger partial charge in [-0.2, -0.15) is 5.10 Å². The van der Waals surface area contributed by atoms with E-state index >= 15 is 0 Å². The molecule has 1 saturated carbocycles. The second-order valence-electron chi connectivity index (χ2n) is 6.63. The van der Waals surface area contributed by atoms with E-state index in [2.05, 4.69) is 22.3 Å². The Morgan fingerprint density at radius 2 is 2.16 bits per heavy atom. The van der Waals surface area contributed by atoms with Crippen LogP contribution in [0.4, 0.5) is 0 Å². The molecule has 0 aliphatic heterocycles. The Morgan fingerprint density at radius 3 is 2.72 bits per heavy atom. The Kier molecular flexibility index (Phi) is 4.89. The Labute approximate surface area is 150 Å². The molecule has 1 fully saturated rings. The molecule has 1 amide bonds. The van der Waals surface area contributed by atoms with E-state index in [0.29, 0.717) is 23.8 Å². The van der Waals surface area contributed by atoms with Crippen molar-refractivity contribution < 1.29 is 14.7 Å². The number of rotatable bonds is 5. The first-order chi connectivity index (χ1) is 11.9. The van der Waals surface area contributed by atoms with Crippen LogP contribution in [0.2, 0.25) is 0 Å². The predicted molar refractivity (Wildman–Crippen MR) is 94.4 cm³/mol. The first-order valence-corrected chi connectivity index (χ1v) is 9.32. The van der Waals surface area contributed by atoms with Crippen LogP contribution in [0.5, 0.6) is 0 Å². The summed E-state index contributed by atoms with van der Waals surface area (Å²) in [5, 5.41) is 18.9. The van der Waals surface area contributed by atoms with E-state index in [0.717, 1.165) is 24.8 Å². The number of carboxylic acids is 1. The minimum absolute atomic E-state index is 0.252. The Hall–Kier alpha value is -2.22. The van der Waals surface area contributed by atoms with Crippen LogP contribution in [0.25, 0.3) is 10.6 Å². The molecule has 2 N–H and O–H groups in total. The molecule has 0 radical (unpaired) electrons. The quantitative estimate of drug-likeness (QED) is 0.852. The molecule has 7 nitrogen and oxygen atoms in total. The third-order valence-corrected chi connectivity index (χ3v) is 5.88. The number of carbonyl (C=O) groups is 2. The van der Waals surface area contributed by atoms with Gasteiger partial charge in [-0.05, 0) is 31.6 Å². The summed E-state index contributed by atoms with van der Waals surface area (Å²) >= 11 is 1.34. The molecule has 8 heteroatoms. The number of hydrogen-bond acceptors (Lipinski definition) is 5. The fourth-order valence-electron chi connectivity index (χ4n) is 3.29. The first-order valence-electron chi connectivity index (χ1n) is 8.44. The van der Waals surface area contributed by atoms with Gasteiger partial charge in [-0.3, -0.25) is 9.48 Å². The van der Waals surface area contributed by atoms with Crippen LogP contribution in [-0.2, 0) is 11.8 Å². The summed E-state index contributed by atoms with van der Waals surface area (Å²) in [6.07, 6.45) is 7.13. The lowest BCUT2D eigenvalue weighted by Gasteiger charge is -2.37. The molecule has 0 atom stereocenters. The van der Waals surface area contributed by atoms with Crippen molar-refractivity contribution in [2.45, 2.75) is 44.6 Å². The maximum Gasteiger partial charge on any atom is 0.329 e. The number of aliphatic carboxylic acids is 1. The molecule has 0 spiro atoms. The number of carbonyl (C=O) groups excluding carboxylic acids is 1. The molecular formula is C17H22N4O3S. The predicted octanol–water partition coefficient (Wildman–Crippen LogP) is 2.70. The van der Waals surface area contributed by atoms with E-state index in [4.69, 9.17) is 0 Å². The molecule has 25 heavy (non-hydrogen) atoms. The molecule has 2 aromatic rings. The minimum Gasteiger partial charge on any atom is -0.480 e. The lowest BCUT2D eigenvalue weighted by Crippen LogP contribution is -2.56. The van der Waals surface area contributed by atoms with Crippen LogP contribution in [0.15, 0.2) is 17.8 Å². The number of thiazole rings is 1. The molecule has 0 saturated heterocycles. The van der Waals surface area contributed by atoms with E-state index in [1.54, 1.807) is 16.3 Å². The first kappa shape index (κ1) is 17.6. The molecule has 0 unspecified atom stereocenters. The molecular weight excluding hydrogens is 340 g/mol. The normalized spacial score (nSPS) is 23.4. The molecule has 3 rings (SSSR count). The second-order valence-corrected chi connectivity index (χ2v) is 7.49. The highest BCUT2D eigenvalue weighted by Gasteiger charge is 2.43. The van der Waals surface area contributed by atoms with Crippen LogP contribution in [0, 0.1) is 5.92 Å². The van der Waals surface area contributed by atoms with Crippen molar-refractivity contribution in [2.75, 3.05) is 0 Å². The summed E-state index contributed by atoms with van der Waals surface area (Å²) < 4.78 is 1.67. The van der Waals surface area contributed by atoms with Gasteiger partial charge in [0.15, 0.2) is 0 Å². The number of hydrogen-bond donors (Lipinski definition) is 2. The summed E-state index contributed by atoms with van der Waals surface area (Å²) in [6, 6.07) is 0. The highest BCUT2D eigenvalue weighted by atomic mass is 32.1. The molecule has 1 aliphatic carbocycles. The molecule has 0 aromatic carbocycles. The number of aryl methyl sites for hydroxylation is 1. The highest BCUT2D eigenvalue weighted by molar-refractivity contribution is 7.13. The van der Waals surface area contributed by atoms with E-state index in [-0.39, 0.29) is 5.69 Å². The van der Waals surface area contributed by atoms with Crippen molar-refractivity contribution in [3.05, 3.63) is 23.5 Å². The zero-order chi connectivity index (χ0) is 18.0. The number of amides is 1. The Balaban J connectivity index is 1.74. The summed E-state index contributed by atoms with van der Waals surface area (Å²) in [5.74, 6) is -0.845. The average Bonchev–Trinajstić information content (AvgIpc) is 3.24. The van der Waals surface area contributed by atoms with Crippen LogP contribution in [-0.4, -0.2) is 37.3 Å². The maximum absolute atomic E-state index is 12.6. The van der Waals surface area contributed by atoms with Gasteiger partial charge in [0, 0.05) is 24.2 Å². The molecule has 1 aliphatic rings. The Bertz CT molecular complexity index is 774. The van der Waals surface area contributed by atoms with E-state index in [1.165, 1.54) is 11.3 Å². The average molecular weight is 362 g/mol. The number of carboxylic acid groups (broad SMARTS) is 1. The van der Waals surface area contributed by atoms with Gasteiger partial charge in [-0.1, -0.05) is 13.3 Å². The minimum atomic E-state index is -1.18. The fourth-order valence-corrected chi connectivity index (χ4v) is 4.07. The monoisotopic (exact) mass is 362 g/mol. The number of nitrogens with zero attached hydrogens (tertiary/aromatic N) is 3. The second kappa shape index (κ2) is 6.95. The van der Waals surface area contributed by atoms with Gasteiger partial charge in [0.1, 0.15) is 16.2 Å². The smallest absolute Gasteiger partial charge is 0.329 e. The van der Waals surface area contributed by atoms with Gasteiger partial charge < -0.3 is 10.4 Å². The molecule has 0 bridgehead atoms. The van der Waals surface area contributed by atoms with Crippen molar-refractivity contribution in [1.82, 2.24) is 20.1 Å². The maximum atomic E-state index is 12.6. The third kappa shape index (κ3) is 3.58. The van der Waals surface area contributed by atoms with Gasteiger partial charge >= 0.3 is 5.97 Å². The van der Waals surface area contributed by atoms with Crippen molar-refractivity contribution in [3.63, 3.8) is 0 Å². The van der Waals surface area contributed by atoms with Crippen LogP contribution in [0.1, 0.15) is 49.5 Å². The zero-order valence-corrected chi connectivity index (χ0v) is 15.2. The lowest BCUT2D eigenvalue weighted by atomic mass is 9.75. The van der Waals surface area contributed by atoms with Crippen molar-refractivity contribution in [3.8, 4) is 10.6 Å². The largest absolute Gasteiger partial charge is 0.480 e. The van der Waals surface area contributed by atoms with Gasteiger partial charge in [0.05, 0.1) is 6.20 Å². The number of aromatic nitrogens is 3. The summed E-state index contributed by atoms with van der Waals surface area (Å²) in [4.78, 5) is 28.7. The summed E-state index contributed by atoms with van der Waals surface area (Å²) in [6.45, 7) is 2.12. The zero-order valence-electron chi connectivity index (χ0n) is 14.4. The summed E-state index contributed by atoms with van der Waals surface area (Å²) in [5.41, 5.74) is -0.0917. The van der Waals surface area contributed by atoms with E-state index < -0.39 is 17.4 Å². The van der Waals surface area contributed by atoms with Gasteiger partial charge in [0.25, 0.3) is 5.91 Å². The van der Waals surface area contributed by atoms with Gasteiger partial charge in [0.2, 0.25) is 0 Å². The molecule has 2 aromatic heterocycles. The molecule has 2 heterocycles. The van der Waals surface area contributed by atoms with Gasteiger partial charge in [-0.15, -0.1) is 11.3 Å². The SMILES string of the molecule is CCC1CCC(NC(=O)c2csc(-c3cnn(C)c3)n2)(C(=O)O)CC1. The fraction of sp³-hybridized carbons (Fsp3) is 0.529. The topological polar surface area (TPSA) is 97.1 Å². The standard InChI is InChI=1S/C17H22N4O3S/c1-3-11-4-6-17(7-5-11,16(23)24)20-14(22)13-10-25-15(19-13)12-8-18-21(2)9-12/h8-11H,3-7H2,1-2H3,(H,20,22)(H,23,24). The van der Waals surface area contributed by atoms with Crippen LogP contribution >= 0.6 is 11.3 Å². The number of nitrogens with one attached hydrogen (secondary N) is 1.